The third-order valence-corrected chi connectivity index (χ3v) is 0.991. The molecule has 0 bridgehead atoms. The van der Waals surface area contributed by atoms with Gasteiger partial charge in [-0.1, -0.05) is 12.2 Å². The van der Waals surface area contributed by atoms with Crippen molar-refractivity contribution in [2.45, 2.75) is 19.4 Å². The molecule has 0 saturated carbocycles. The van der Waals surface area contributed by atoms with Crippen LogP contribution in [0, 0.1) is 0 Å². The molecule has 0 fully saturated rings. The van der Waals surface area contributed by atoms with E-state index in [9.17, 15) is 4.79 Å². The maximum atomic E-state index is 10.1. The molecule has 3 N–H and O–H groups in total. The number of carboxylic acids is 1. The lowest BCUT2D eigenvalue weighted by Gasteiger charge is -2.02. The van der Waals surface area contributed by atoms with Crippen LogP contribution < -0.4 is 5.73 Å². The van der Waals surface area contributed by atoms with Crippen molar-refractivity contribution in [1.82, 2.24) is 0 Å². The molecule has 0 saturated heterocycles. The molecule has 0 aliphatic heterocycles. The van der Waals surface area contributed by atoms with E-state index in [0.717, 1.165) is 0 Å². The lowest BCUT2D eigenvalue weighted by atomic mass is 10.2. The first-order chi connectivity index (χ1) is 4.04. The van der Waals surface area contributed by atoms with Gasteiger partial charge in [-0.25, -0.2) is 0 Å². The highest BCUT2D eigenvalue weighted by Gasteiger charge is 2.10. The number of hydrogen-bond donors (Lipinski definition) is 2. The summed E-state index contributed by atoms with van der Waals surface area (Å²) in [6.07, 6.45) is 0.282. The van der Waals surface area contributed by atoms with Gasteiger partial charge >= 0.3 is 5.97 Å². The van der Waals surface area contributed by atoms with Crippen molar-refractivity contribution in [2.24, 2.45) is 5.73 Å². The highest BCUT2D eigenvalue weighted by molar-refractivity contribution is 7.80. The van der Waals surface area contributed by atoms with Gasteiger partial charge in [0.05, 0.1) is 0 Å². The molecule has 0 aromatic heterocycles. The van der Waals surface area contributed by atoms with Gasteiger partial charge < -0.3 is 10.8 Å². The summed E-state index contributed by atoms with van der Waals surface area (Å²) >= 11 is 4.65. The highest BCUT2D eigenvalue weighted by atomic mass is 32.1. The normalized spacial score (nSPS) is 12.7. The number of nitrogens with two attached hydrogens (primary N) is 1. The Hall–Kier alpha value is -0.480. The van der Waals surface area contributed by atoms with Gasteiger partial charge in [0.1, 0.15) is 6.04 Å². The molecular weight excluding hydrogens is 138 g/mol. The van der Waals surface area contributed by atoms with E-state index in [1.54, 1.807) is 6.92 Å². The number of carboxylic acid groups (broad SMARTS) is 1. The van der Waals surface area contributed by atoms with E-state index in [2.05, 4.69) is 12.2 Å². The minimum atomic E-state index is -1.00. The van der Waals surface area contributed by atoms with Gasteiger partial charge in [-0.05, 0) is 11.8 Å². The summed E-state index contributed by atoms with van der Waals surface area (Å²) < 4.78 is 0. The summed E-state index contributed by atoms with van der Waals surface area (Å²) in [6.45, 7) is 1.68. The summed E-state index contributed by atoms with van der Waals surface area (Å²) in [5, 5.41) is 8.25. The minimum Gasteiger partial charge on any atom is -0.480 e. The highest BCUT2D eigenvalue weighted by Crippen LogP contribution is 1.90. The van der Waals surface area contributed by atoms with Crippen LogP contribution in [0.2, 0.25) is 0 Å². The maximum absolute atomic E-state index is 10.1. The fraction of sp³-hybridized carbons (Fsp3) is 0.600. The van der Waals surface area contributed by atoms with Crippen LogP contribution >= 0.6 is 12.2 Å². The SMILES string of the molecule is CC(=S)CC(N)C(=O)O. The summed E-state index contributed by atoms with van der Waals surface area (Å²) in [7, 11) is 0. The number of carbonyl (C=O) groups is 1. The van der Waals surface area contributed by atoms with E-state index in [0.29, 0.717) is 4.86 Å². The van der Waals surface area contributed by atoms with Crippen molar-refractivity contribution in [3.8, 4) is 0 Å². The Bertz CT molecular complexity index is 135. The zero-order valence-electron chi connectivity index (χ0n) is 5.13. The molecule has 9 heavy (non-hydrogen) atoms. The molecule has 0 aliphatic rings. The summed E-state index contributed by atoms with van der Waals surface area (Å²) in [5.41, 5.74) is 5.13. The van der Waals surface area contributed by atoms with E-state index in [1.165, 1.54) is 0 Å². The van der Waals surface area contributed by atoms with Gasteiger partial charge in [0.25, 0.3) is 0 Å². The van der Waals surface area contributed by atoms with Crippen LogP contribution in [0.25, 0.3) is 0 Å². The second-order valence-electron chi connectivity index (χ2n) is 1.85. The number of hydrogen-bond acceptors (Lipinski definition) is 3. The Balaban J connectivity index is 3.63. The van der Waals surface area contributed by atoms with Crippen molar-refractivity contribution >= 4 is 23.1 Å². The van der Waals surface area contributed by atoms with Gasteiger partial charge in [-0.15, -0.1) is 0 Å². The topological polar surface area (TPSA) is 63.3 Å². The van der Waals surface area contributed by atoms with Crippen LogP contribution in [-0.4, -0.2) is 22.0 Å². The maximum Gasteiger partial charge on any atom is 0.320 e. The van der Waals surface area contributed by atoms with E-state index in [-0.39, 0.29) is 6.42 Å². The lowest BCUT2D eigenvalue weighted by Crippen LogP contribution is -2.31. The molecule has 0 amide bonds. The zero-order valence-corrected chi connectivity index (χ0v) is 5.94. The first-order valence-corrected chi connectivity index (χ1v) is 2.92. The Morgan fingerprint density at radius 2 is 2.33 bits per heavy atom. The van der Waals surface area contributed by atoms with Gasteiger partial charge in [0.2, 0.25) is 0 Å². The first-order valence-electron chi connectivity index (χ1n) is 2.52. The van der Waals surface area contributed by atoms with Gasteiger partial charge in [0.15, 0.2) is 0 Å². The second-order valence-corrected chi connectivity index (χ2v) is 2.55. The summed E-state index contributed by atoms with van der Waals surface area (Å²) in [4.78, 5) is 10.7. The number of thiocarbonyl (C=S) groups is 1. The number of rotatable bonds is 3. The predicted octanol–water partition coefficient (Wildman–Crippen LogP) is 0.178. The van der Waals surface area contributed by atoms with Crippen LogP contribution in [0.1, 0.15) is 13.3 Å². The van der Waals surface area contributed by atoms with E-state index >= 15 is 0 Å². The molecule has 1 unspecified atom stereocenters. The van der Waals surface area contributed by atoms with Crippen molar-refractivity contribution in [3.05, 3.63) is 0 Å². The average molecular weight is 147 g/mol. The molecule has 0 aromatic rings. The Morgan fingerprint density at radius 1 is 1.89 bits per heavy atom. The lowest BCUT2D eigenvalue weighted by molar-refractivity contribution is -0.138. The first kappa shape index (κ1) is 8.52. The van der Waals surface area contributed by atoms with Gasteiger partial charge in [-0.2, -0.15) is 0 Å². The zero-order chi connectivity index (χ0) is 7.44. The van der Waals surface area contributed by atoms with Crippen LogP contribution in [-0.2, 0) is 4.79 Å². The molecule has 3 nitrogen and oxygen atoms in total. The monoisotopic (exact) mass is 147 g/mol. The minimum absolute atomic E-state index is 0.282. The molecule has 0 radical (unpaired) electrons. The fourth-order valence-electron chi connectivity index (χ4n) is 0.397. The third kappa shape index (κ3) is 4.05. The number of aliphatic carboxylic acids is 1. The molecule has 0 aromatic carbocycles. The molecule has 52 valence electrons. The average Bonchev–Trinajstić information content (AvgIpc) is 1.63. The van der Waals surface area contributed by atoms with E-state index in [4.69, 9.17) is 10.8 Å². The van der Waals surface area contributed by atoms with E-state index < -0.39 is 12.0 Å². The molecule has 1 atom stereocenters. The molecule has 4 heteroatoms. The predicted molar refractivity (Wildman–Crippen MR) is 38.5 cm³/mol. The molecule has 0 rings (SSSR count). The van der Waals surface area contributed by atoms with Crippen LogP contribution in [0.4, 0.5) is 0 Å². The summed E-state index contributed by atoms with van der Waals surface area (Å²) in [6, 6.07) is -0.831. The second kappa shape index (κ2) is 3.53. The van der Waals surface area contributed by atoms with E-state index in [1.807, 2.05) is 0 Å². The molecule has 0 aliphatic carbocycles. The van der Waals surface area contributed by atoms with Crippen LogP contribution in [0.15, 0.2) is 0 Å². The van der Waals surface area contributed by atoms with Crippen molar-refractivity contribution < 1.29 is 9.90 Å². The van der Waals surface area contributed by atoms with Gasteiger partial charge in [0, 0.05) is 6.42 Å². The largest absolute Gasteiger partial charge is 0.480 e. The van der Waals surface area contributed by atoms with Crippen LogP contribution in [0.3, 0.4) is 0 Å². The van der Waals surface area contributed by atoms with Crippen LogP contribution in [0.5, 0.6) is 0 Å². The van der Waals surface area contributed by atoms with Crippen molar-refractivity contribution in [2.75, 3.05) is 0 Å². The smallest absolute Gasteiger partial charge is 0.320 e. The molecular formula is C5H9NO2S. The van der Waals surface area contributed by atoms with Crippen molar-refractivity contribution in [3.63, 3.8) is 0 Å². The quantitative estimate of drug-likeness (QED) is 0.559. The molecule has 0 heterocycles. The Morgan fingerprint density at radius 3 is 2.44 bits per heavy atom. The Kier molecular flexibility index (Phi) is 3.34. The Labute approximate surface area is 58.9 Å². The third-order valence-electron chi connectivity index (χ3n) is 0.825. The summed E-state index contributed by atoms with van der Waals surface area (Å²) in [5.74, 6) is -1.00. The molecule has 0 spiro atoms. The standard InChI is InChI=1S/C5H9NO2S/c1-3(9)2-4(6)5(7)8/h4H,2,6H2,1H3,(H,7,8). The van der Waals surface area contributed by atoms with Crippen molar-refractivity contribution in [1.29, 1.82) is 0 Å². The van der Waals surface area contributed by atoms with Gasteiger partial charge in [-0.3, -0.25) is 4.79 Å². The fourth-order valence-corrected chi connectivity index (χ4v) is 0.577.